The van der Waals surface area contributed by atoms with Crippen molar-refractivity contribution in [2.75, 3.05) is 0 Å². The molecule has 0 radical (unpaired) electrons. The molecule has 1 rings (SSSR count). The van der Waals surface area contributed by atoms with Crippen LogP contribution in [0, 0.1) is 11.3 Å². The number of nitrogens with zero attached hydrogens (tertiary/aromatic N) is 1. The second-order valence-corrected chi connectivity index (χ2v) is 2.66. The van der Waals surface area contributed by atoms with E-state index in [0.717, 1.165) is 0 Å². The monoisotopic (exact) mass is 214 g/mol. The fourth-order valence-corrected chi connectivity index (χ4v) is 0.913. The van der Waals surface area contributed by atoms with E-state index in [4.69, 9.17) is 10.4 Å². The summed E-state index contributed by atoms with van der Waals surface area (Å²) >= 11 is 2.95. The van der Waals surface area contributed by atoms with E-state index in [1.807, 2.05) is 0 Å². The van der Waals surface area contributed by atoms with Gasteiger partial charge in [0, 0.05) is 6.20 Å². The molecule has 11 heavy (non-hydrogen) atoms. The number of halogens is 1. The first-order chi connectivity index (χ1) is 5.16. The van der Waals surface area contributed by atoms with Gasteiger partial charge in [-0.05, 0) is 15.9 Å². The van der Waals surface area contributed by atoms with Crippen molar-refractivity contribution in [1.82, 2.24) is 4.98 Å². The van der Waals surface area contributed by atoms with Crippen LogP contribution in [0.2, 0.25) is 0 Å². The summed E-state index contributed by atoms with van der Waals surface area (Å²) < 4.78 is 0.300. The third-order valence-corrected chi connectivity index (χ3v) is 1.74. The van der Waals surface area contributed by atoms with Crippen LogP contribution >= 0.6 is 15.9 Å². The van der Waals surface area contributed by atoms with Crippen molar-refractivity contribution in [3.8, 4) is 11.8 Å². The minimum Gasteiger partial charge on any atom is -0.505 e. The van der Waals surface area contributed by atoms with E-state index in [9.17, 15) is 4.79 Å². The van der Waals surface area contributed by atoms with Crippen LogP contribution in [0.4, 0.5) is 0 Å². The Balaban J connectivity index is 3.57. The van der Waals surface area contributed by atoms with E-state index in [2.05, 4.69) is 20.9 Å². The van der Waals surface area contributed by atoms with Gasteiger partial charge in [-0.1, -0.05) is 0 Å². The van der Waals surface area contributed by atoms with Crippen LogP contribution in [0.15, 0.2) is 15.5 Å². The molecule has 0 atom stereocenters. The molecule has 0 aromatic carbocycles. The van der Waals surface area contributed by atoms with E-state index in [1.54, 1.807) is 6.07 Å². The number of aromatic nitrogens is 1. The maximum Gasteiger partial charge on any atom is 0.269 e. The minimum absolute atomic E-state index is 0.278. The largest absolute Gasteiger partial charge is 0.505 e. The van der Waals surface area contributed by atoms with Crippen molar-refractivity contribution < 1.29 is 5.11 Å². The van der Waals surface area contributed by atoms with Crippen LogP contribution in [0.1, 0.15) is 5.56 Å². The summed E-state index contributed by atoms with van der Waals surface area (Å²) in [5.41, 5.74) is -0.868. The average Bonchev–Trinajstić information content (AvgIpc) is 1.99. The molecule has 0 amide bonds. The Morgan fingerprint density at radius 1 is 1.73 bits per heavy atom. The fraction of sp³-hybridized carbons (Fsp3) is 0. The maximum absolute atomic E-state index is 10.8. The number of aromatic hydroxyl groups is 1. The van der Waals surface area contributed by atoms with Gasteiger partial charge in [-0.2, -0.15) is 5.26 Å². The van der Waals surface area contributed by atoms with Crippen molar-refractivity contribution in [2.24, 2.45) is 0 Å². The molecule has 0 unspecified atom stereocenters. The Hall–Kier alpha value is -1.28. The molecule has 1 heterocycles. The van der Waals surface area contributed by atoms with Crippen LogP contribution < -0.4 is 5.56 Å². The van der Waals surface area contributed by atoms with Crippen LogP contribution in [0.25, 0.3) is 0 Å². The lowest BCUT2D eigenvalue weighted by Crippen LogP contribution is -2.08. The second kappa shape index (κ2) is 2.76. The topological polar surface area (TPSA) is 76.9 Å². The Bertz CT molecular complexity index is 377. The number of hydrogen-bond acceptors (Lipinski definition) is 3. The maximum atomic E-state index is 10.8. The zero-order chi connectivity index (χ0) is 8.43. The number of rotatable bonds is 0. The molecule has 0 fully saturated rings. The summed E-state index contributed by atoms with van der Waals surface area (Å²) in [6.45, 7) is 0. The molecule has 1 aromatic heterocycles. The zero-order valence-corrected chi connectivity index (χ0v) is 6.84. The van der Waals surface area contributed by atoms with Gasteiger partial charge in [0.25, 0.3) is 5.56 Å². The summed E-state index contributed by atoms with van der Waals surface area (Å²) in [5.74, 6) is -0.323. The first-order valence-electron chi connectivity index (χ1n) is 2.67. The third kappa shape index (κ3) is 1.25. The van der Waals surface area contributed by atoms with Crippen LogP contribution in [0.3, 0.4) is 0 Å². The first-order valence-corrected chi connectivity index (χ1v) is 3.46. The van der Waals surface area contributed by atoms with Crippen LogP contribution in [0.5, 0.6) is 5.75 Å². The Morgan fingerprint density at radius 2 is 2.36 bits per heavy atom. The Labute approximate surface area is 70.2 Å². The number of nitriles is 1. The molecule has 2 N–H and O–H groups in total. The summed E-state index contributed by atoms with van der Waals surface area (Å²) in [5, 5.41) is 17.5. The van der Waals surface area contributed by atoms with Gasteiger partial charge < -0.3 is 10.1 Å². The predicted octanol–water partition coefficient (Wildman–Crippen LogP) is 0.715. The Morgan fingerprint density at radius 3 is 2.82 bits per heavy atom. The summed E-state index contributed by atoms with van der Waals surface area (Å²) in [7, 11) is 0. The Kier molecular flexibility index (Phi) is 1.96. The highest BCUT2D eigenvalue weighted by atomic mass is 79.9. The lowest BCUT2D eigenvalue weighted by atomic mass is 10.3. The van der Waals surface area contributed by atoms with Crippen molar-refractivity contribution >= 4 is 15.9 Å². The van der Waals surface area contributed by atoms with Gasteiger partial charge in [0.05, 0.1) is 4.47 Å². The summed E-state index contributed by atoms with van der Waals surface area (Å²) in [6.07, 6.45) is 1.28. The number of pyridine rings is 1. The predicted molar refractivity (Wildman–Crippen MR) is 41.1 cm³/mol. The number of H-pyrrole nitrogens is 1. The molecule has 0 saturated carbocycles. The van der Waals surface area contributed by atoms with Gasteiger partial charge in [0.1, 0.15) is 6.07 Å². The lowest BCUT2D eigenvalue weighted by molar-refractivity contribution is 0.468. The molecule has 0 aliphatic carbocycles. The quantitative estimate of drug-likeness (QED) is 0.669. The average molecular weight is 215 g/mol. The zero-order valence-electron chi connectivity index (χ0n) is 5.26. The van der Waals surface area contributed by atoms with Gasteiger partial charge in [0.2, 0.25) is 0 Å². The van der Waals surface area contributed by atoms with Gasteiger partial charge in [0.15, 0.2) is 11.3 Å². The van der Waals surface area contributed by atoms with Crippen molar-refractivity contribution in [2.45, 2.75) is 0 Å². The van der Waals surface area contributed by atoms with Gasteiger partial charge in [-0.3, -0.25) is 4.79 Å². The normalized spacial score (nSPS) is 9.09. The molecular weight excluding hydrogens is 212 g/mol. The smallest absolute Gasteiger partial charge is 0.269 e. The van der Waals surface area contributed by atoms with Crippen molar-refractivity contribution in [1.29, 1.82) is 5.26 Å². The molecular formula is C6H3BrN2O2. The summed E-state index contributed by atoms with van der Waals surface area (Å²) in [6, 6.07) is 1.58. The van der Waals surface area contributed by atoms with Gasteiger partial charge in [-0.15, -0.1) is 0 Å². The van der Waals surface area contributed by atoms with E-state index in [-0.39, 0.29) is 11.3 Å². The van der Waals surface area contributed by atoms with E-state index < -0.39 is 5.56 Å². The SMILES string of the molecule is N#Cc1c(O)c(Br)c[nH]c1=O. The highest BCUT2D eigenvalue weighted by Gasteiger charge is 2.07. The van der Waals surface area contributed by atoms with E-state index in [0.29, 0.717) is 4.47 Å². The highest BCUT2D eigenvalue weighted by Crippen LogP contribution is 2.22. The molecule has 4 nitrogen and oxygen atoms in total. The number of hydrogen-bond donors (Lipinski definition) is 2. The first kappa shape index (κ1) is 7.82. The highest BCUT2D eigenvalue weighted by molar-refractivity contribution is 9.10. The molecule has 1 aromatic rings. The van der Waals surface area contributed by atoms with E-state index >= 15 is 0 Å². The summed E-state index contributed by atoms with van der Waals surface area (Å²) in [4.78, 5) is 13.0. The molecule has 5 heteroatoms. The third-order valence-electron chi connectivity index (χ3n) is 1.13. The fourth-order valence-electron chi connectivity index (χ4n) is 0.600. The standard InChI is InChI=1S/C6H3BrN2O2/c7-4-2-9-6(11)3(1-8)5(4)10/h2H,(H2,9,10,11). The molecule has 0 saturated heterocycles. The number of aromatic amines is 1. The molecule has 56 valence electrons. The van der Waals surface area contributed by atoms with Crippen LogP contribution in [-0.2, 0) is 0 Å². The number of nitrogens with one attached hydrogen (secondary N) is 1. The van der Waals surface area contributed by atoms with Gasteiger partial charge >= 0.3 is 0 Å². The molecule has 0 aliphatic rings. The van der Waals surface area contributed by atoms with Crippen molar-refractivity contribution in [3.63, 3.8) is 0 Å². The minimum atomic E-state index is -0.590. The molecule has 0 bridgehead atoms. The second-order valence-electron chi connectivity index (χ2n) is 1.80. The lowest BCUT2D eigenvalue weighted by Gasteiger charge is -1.95. The van der Waals surface area contributed by atoms with E-state index in [1.165, 1.54) is 6.20 Å². The van der Waals surface area contributed by atoms with Crippen LogP contribution in [-0.4, -0.2) is 10.1 Å². The van der Waals surface area contributed by atoms with Crippen molar-refractivity contribution in [3.05, 3.63) is 26.6 Å². The molecule has 0 spiro atoms. The van der Waals surface area contributed by atoms with Gasteiger partial charge in [-0.25, -0.2) is 0 Å². The molecule has 0 aliphatic heterocycles.